The Labute approximate surface area is 201 Å². The van der Waals surface area contributed by atoms with Crippen molar-refractivity contribution < 1.29 is 24.1 Å². The molecule has 0 bridgehead atoms. The average molecular weight is 529 g/mol. The number of hydrazone groups is 1. The van der Waals surface area contributed by atoms with Gasteiger partial charge >= 0.3 is 5.69 Å². The minimum absolute atomic E-state index is 0.161. The van der Waals surface area contributed by atoms with Crippen LogP contribution in [0.2, 0.25) is 0 Å². The first kappa shape index (κ1) is 24.3. The number of benzene rings is 3. The van der Waals surface area contributed by atoms with Crippen molar-refractivity contribution in [3.8, 4) is 17.2 Å². The molecule has 174 valence electrons. The van der Waals surface area contributed by atoms with E-state index >= 15 is 0 Å². The monoisotopic (exact) mass is 528 g/mol. The van der Waals surface area contributed by atoms with Crippen molar-refractivity contribution in [3.63, 3.8) is 0 Å². The van der Waals surface area contributed by atoms with E-state index in [1.54, 1.807) is 43.3 Å². The van der Waals surface area contributed by atoms with Crippen LogP contribution >= 0.6 is 15.9 Å². The van der Waals surface area contributed by atoms with E-state index in [0.29, 0.717) is 11.1 Å². The second kappa shape index (κ2) is 11.0. The van der Waals surface area contributed by atoms with Gasteiger partial charge in [-0.1, -0.05) is 22.0 Å². The quantitative estimate of drug-likeness (QED) is 0.227. The molecule has 0 aliphatic rings. The second-order valence-corrected chi connectivity index (χ2v) is 7.53. The first-order valence-electron chi connectivity index (χ1n) is 9.75. The summed E-state index contributed by atoms with van der Waals surface area (Å²) in [7, 11) is 0. The number of nitro groups is 2. The molecule has 0 aliphatic heterocycles. The number of amides is 1. The molecule has 34 heavy (non-hydrogen) atoms. The number of non-ortho nitro benzene ring substituents is 1. The summed E-state index contributed by atoms with van der Waals surface area (Å²) in [4.78, 5) is 33.0. The third kappa shape index (κ3) is 6.13. The summed E-state index contributed by atoms with van der Waals surface area (Å²) < 4.78 is 12.0. The van der Waals surface area contributed by atoms with Gasteiger partial charge in [0.1, 0.15) is 0 Å². The van der Waals surface area contributed by atoms with Crippen LogP contribution in [0.5, 0.6) is 17.2 Å². The Balaban J connectivity index is 1.80. The average Bonchev–Trinajstić information content (AvgIpc) is 2.80. The summed E-state index contributed by atoms with van der Waals surface area (Å²) >= 11 is 3.30. The van der Waals surface area contributed by atoms with Crippen LogP contribution in [0, 0.1) is 20.2 Å². The van der Waals surface area contributed by atoms with Crippen molar-refractivity contribution >= 4 is 39.4 Å². The van der Waals surface area contributed by atoms with Crippen molar-refractivity contribution in [2.24, 2.45) is 5.10 Å². The van der Waals surface area contributed by atoms with E-state index in [1.165, 1.54) is 12.3 Å². The topological polar surface area (TPSA) is 146 Å². The number of rotatable bonds is 9. The lowest BCUT2D eigenvalue weighted by atomic mass is 10.2. The Morgan fingerprint density at radius 1 is 1.03 bits per heavy atom. The highest BCUT2D eigenvalue weighted by Crippen LogP contribution is 2.38. The molecule has 0 unspecified atom stereocenters. The van der Waals surface area contributed by atoms with Crippen LogP contribution in [0.1, 0.15) is 22.8 Å². The zero-order valence-corrected chi connectivity index (χ0v) is 19.2. The van der Waals surface area contributed by atoms with Crippen LogP contribution < -0.4 is 14.9 Å². The Bertz CT molecular complexity index is 1280. The molecule has 0 aliphatic carbocycles. The normalized spacial score (nSPS) is 10.6. The molecule has 0 saturated carbocycles. The van der Waals surface area contributed by atoms with Gasteiger partial charge in [0.2, 0.25) is 5.75 Å². The summed E-state index contributed by atoms with van der Waals surface area (Å²) in [6.45, 7) is 2.02. The molecule has 0 fully saturated rings. The van der Waals surface area contributed by atoms with Crippen LogP contribution in [0.25, 0.3) is 0 Å². The number of carbonyl (C=O) groups excluding carboxylic acids is 1. The predicted molar refractivity (Wildman–Crippen MR) is 127 cm³/mol. The molecule has 0 spiro atoms. The molecule has 11 nitrogen and oxygen atoms in total. The molecule has 3 rings (SSSR count). The fourth-order valence-electron chi connectivity index (χ4n) is 2.78. The van der Waals surface area contributed by atoms with Crippen LogP contribution in [-0.4, -0.2) is 28.6 Å². The number of carbonyl (C=O) groups is 1. The molecule has 0 radical (unpaired) electrons. The summed E-state index contributed by atoms with van der Waals surface area (Å²) in [6, 6.07) is 14.6. The van der Waals surface area contributed by atoms with Gasteiger partial charge in [0, 0.05) is 16.1 Å². The van der Waals surface area contributed by atoms with Crippen molar-refractivity contribution in [3.05, 3.63) is 96.5 Å². The van der Waals surface area contributed by atoms with Gasteiger partial charge in [-0.25, -0.2) is 5.43 Å². The number of hydrogen-bond donors (Lipinski definition) is 1. The fraction of sp³-hybridized carbons (Fsp3) is 0.0909. The van der Waals surface area contributed by atoms with Gasteiger partial charge in [0.15, 0.2) is 11.5 Å². The summed E-state index contributed by atoms with van der Waals surface area (Å²) in [5, 5.41) is 26.2. The maximum atomic E-state index is 12.2. The molecule has 3 aromatic rings. The zero-order chi connectivity index (χ0) is 24.7. The summed E-state index contributed by atoms with van der Waals surface area (Å²) in [6.07, 6.45) is 1.40. The SMILES string of the molecule is CCOc1cc(/C=N/NC(=O)c2cccc(Br)c2)ccc1Oc1ccc([N+](=O)[O-])cc1[N+](=O)[O-]. The number of halogens is 1. The van der Waals surface area contributed by atoms with E-state index in [-0.39, 0.29) is 23.9 Å². The van der Waals surface area contributed by atoms with E-state index in [2.05, 4.69) is 26.5 Å². The molecule has 0 saturated heterocycles. The van der Waals surface area contributed by atoms with Gasteiger partial charge in [-0.15, -0.1) is 0 Å². The predicted octanol–water partition coefficient (Wildman–Crippen LogP) is 5.22. The number of ether oxygens (including phenoxy) is 2. The molecule has 12 heteroatoms. The van der Waals surface area contributed by atoms with Gasteiger partial charge < -0.3 is 9.47 Å². The van der Waals surface area contributed by atoms with E-state index < -0.39 is 27.1 Å². The zero-order valence-electron chi connectivity index (χ0n) is 17.6. The summed E-state index contributed by atoms with van der Waals surface area (Å²) in [5.74, 6) is -0.154. The number of nitrogens with zero attached hydrogens (tertiary/aromatic N) is 3. The van der Waals surface area contributed by atoms with E-state index in [9.17, 15) is 25.0 Å². The Kier molecular flexibility index (Phi) is 7.88. The molecule has 0 heterocycles. The van der Waals surface area contributed by atoms with Crippen molar-refractivity contribution in [2.75, 3.05) is 6.61 Å². The highest BCUT2D eigenvalue weighted by molar-refractivity contribution is 9.10. The van der Waals surface area contributed by atoms with Crippen LogP contribution in [-0.2, 0) is 0 Å². The lowest BCUT2D eigenvalue weighted by Gasteiger charge is -2.12. The van der Waals surface area contributed by atoms with Gasteiger partial charge in [-0.05, 0) is 55.0 Å². The molecule has 0 atom stereocenters. The smallest absolute Gasteiger partial charge is 0.318 e. The minimum atomic E-state index is -0.766. The molecular weight excluding hydrogens is 512 g/mol. The van der Waals surface area contributed by atoms with Crippen molar-refractivity contribution in [1.82, 2.24) is 5.43 Å². The summed E-state index contributed by atoms with van der Waals surface area (Å²) in [5.41, 5.74) is 2.42. The first-order chi connectivity index (χ1) is 16.3. The number of nitrogens with one attached hydrogen (secondary N) is 1. The van der Waals surface area contributed by atoms with Gasteiger partial charge in [-0.2, -0.15) is 5.10 Å². The molecular formula is C22H17BrN4O7. The third-order valence-electron chi connectivity index (χ3n) is 4.30. The molecule has 1 amide bonds. The Morgan fingerprint density at radius 3 is 2.47 bits per heavy atom. The van der Waals surface area contributed by atoms with Gasteiger partial charge in [0.25, 0.3) is 11.6 Å². The van der Waals surface area contributed by atoms with E-state index in [4.69, 9.17) is 9.47 Å². The van der Waals surface area contributed by atoms with Gasteiger partial charge in [0.05, 0.1) is 28.7 Å². The standard InChI is InChI=1S/C22H17BrN4O7/c1-2-33-21-10-14(13-24-25-22(28)15-4-3-5-16(23)11-15)6-8-20(21)34-19-9-7-17(26(29)30)12-18(19)27(31)32/h3-13H,2H2,1H3,(H,25,28)/b24-13+. The number of hydrogen-bond acceptors (Lipinski definition) is 8. The van der Waals surface area contributed by atoms with E-state index in [1.807, 2.05) is 0 Å². The number of nitro benzene ring substituents is 2. The maximum Gasteiger partial charge on any atom is 0.318 e. The fourth-order valence-corrected chi connectivity index (χ4v) is 3.18. The highest BCUT2D eigenvalue weighted by Gasteiger charge is 2.22. The third-order valence-corrected chi connectivity index (χ3v) is 4.80. The van der Waals surface area contributed by atoms with Crippen LogP contribution in [0.4, 0.5) is 11.4 Å². The molecule has 0 aromatic heterocycles. The Morgan fingerprint density at radius 2 is 1.79 bits per heavy atom. The van der Waals surface area contributed by atoms with Crippen LogP contribution in [0.3, 0.4) is 0 Å². The van der Waals surface area contributed by atoms with Crippen molar-refractivity contribution in [1.29, 1.82) is 0 Å². The lowest BCUT2D eigenvalue weighted by molar-refractivity contribution is -0.394. The van der Waals surface area contributed by atoms with Crippen molar-refractivity contribution in [2.45, 2.75) is 6.92 Å². The first-order valence-corrected chi connectivity index (χ1v) is 10.5. The Hall–Kier alpha value is -4.32. The van der Waals surface area contributed by atoms with Crippen LogP contribution in [0.15, 0.2) is 70.2 Å². The lowest BCUT2D eigenvalue weighted by Crippen LogP contribution is -2.17. The maximum absolute atomic E-state index is 12.2. The second-order valence-electron chi connectivity index (χ2n) is 6.62. The largest absolute Gasteiger partial charge is 0.490 e. The molecule has 1 N–H and O–H groups in total. The van der Waals surface area contributed by atoms with E-state index in [0.717, 1.165) is 22.7 Å². The highest BCUT2D eigenvalue weighted by atomic mass is 79.9. The minimum Gasteiger partial charge on any atom is -0.490 e. The van der Waals surface area contributed by atoms with Gasteiger partial charge in [-0.3, -0.25) is 25.0 Å². The molecule has 3 aromatic carbocycles.